The Kier molecular flexibility index (Phi) is 5.11. The first-order chi connectivity index (χ1) is 13.1. The van der Waals surface area contributed by atoms with Crippen LogP contribution in [0.2, 0.25) is 0 Å². The Balaban J connectivity index is 1.49. The van der Waals surface area contributed by atoms with Crippen LogP contribution in [0.25, 0.3) is 11.0 Å². The fourth-order valence-corrected chi connectivity index (χ4v) is 4.15. The molecule has 2 aliphatic rings. The number of carbonyl (C=O) groups is 1. The van der Waals surface area contributed by atoms with Crippen LogP contribution in [0, 0.1) is 5.92 Å². The number of hydrogen-bond acceptors (Lipinski definition) is 5. The number of hydrogen-bond donors (Lipinski definition) is 1. The predicted molar refractivity (Wildman–Crippen MR) is 102 cm³/mol. The summed E-state index contributed by atoms with van der Waals surface area (Å²) in [6.07, 6.45) is 8.05. The number of piperidine rings is 1. The normalized spacial score (nSPS) is 24.1. The second-order valence-electron chi connectivity index (χ2n) is 7.57. The van der Waals surface area contributed by atoms with Crippen molar-refractivity contribution in [1.82, 2.24) is 19.9 Å². The van der Waals surface area contributed by atoms with E-state index in [1.807, 2.05) is 12.4 Å². The Morgan fingerprint density at radius 3 is 3.00 bits per heavy atom. The smallest absolute Gasteiger partial charge is 0.318 e. The first-order valence-electron chi connectivity index (χ1n) is 9.63. The molecule has 2 aliphatic heterocycles. The maximum absolute atomic E-state index is 11.9. The summed E-state index contributed by atoms with van der Waals surface area (Å²) in [7, 11) is 0. The van der Waals surface area contributed by atoms with E-state index >= 15 is 0 Å². The minimum absolute atomic E-state index is 0.0583. The van der Waals surface area contributed by atoms with Gasteiger partial charge in [0.25, 0.3) is 0 Å². The molecule has 0 aliphatic carbocycles. The third kappa shape index (κ3) is 3.83. The van der Waals surface area contributed by atoms with Gasteiger partial charge in [-0.05, 0) is 42.7 Å². The van der Waals surface area contributed by atoms with Gasteiger partial charge in [0.2, 0.25) is 5.91 Å². The molecule has 144 valence electrons. The molecule has 0 radical (unpaired) electrons. The van der Waals surface area contributed by atoms with Gasteiger partial charge in [0, 0.05) is 37.5 Å². The number of aromatic amines is 1. The average Bonchev–Trinajstić information content (AvgIpc) is 3.11. The third-order valence-corrected chi connectivity index (χ3v) is 5.48. The van der Waals surface area contributed by atoms with Crippen molar-refractivity contribution in [2.45, 2.75) is 38.2 Å². The first kappa shape index (κ1) is 18.0. The largest absolute Gasteiger partial charge is 0.458 e. The molecule has 27 heavy (non-hydrogen) atoms. The number of ether oxygens (including phenoxy) is 2. The van der Waals surface area contributed by atoms with Crippen molar-refractivity contribution in [3.63, 3.8) is 0 Å². The molecule has 2 atom stereocenters. The van der Waals surface area contributed by atoms with Crippen LogP contribution in [0.15, 0.2) is 25.0 Å². The second-order valence-corrected chi connectivity index (χ2v) is 7.57. The Bertz CT molecular complexity index is 828. The molecule has 7 heteroatoms. The van der Waals surface area contributed by atoms with E-state index < -0.39 is 0 Å². The molecule has 2 fully saturated rings. The summed E-state index contributed by atoms with van der Waals surface area (Å²) in [6, 6.07) is 0.355. The lowest BCUT2D eigenvalue weighted by Crippen LogP contribution is -2.47. The molecule has 4 rings (SSSR count). The van der Waals surface area contributed by atoms with Crippen molar-refractivity contribution < 1.29 is 14.3 Å². The molecule has 7 nitrogen and oxygen atoms in total. The molecular formula is C20H26N4O3. The van der Waals surface area contributed by atoms with Gasteiger partial charge in [0.1, 0.15) is 11.8 Å². The quantitative estimate of drug-likeness (QED) is 0.837. The molecule has 0 bridgehead atoms. The molecule has 2 saturated heterocycles. The van der Waals surface area contributed by atoms with E-state index in [9.17, 15) is 4.79 Å². The van der Waals surface area contributed by atoms with Gasteiger partial charge >= 0.3 is 6.01 Å². The van der Waals surface area contributed by atoms with E-state index in [-0.39, 0.29) is 12.0 Å². The molecule has 4 heterocycles. The van der Waals surface area contributed by atoms with Gasteiger partial charge in [-0.15, -0.1) is 0 Å². The summed E-state index contributed by atoms with van der Waals surface area (Å²) < 4.78 is 11.5. The second kappa shape index (κ2) is 7.68. The van der Waals surface area contributed by atoms with Crippen molar-refractivity contribution in [3.05, 3.63) is 30.6 Å². The van der Waals surface area contributed by atoms with Crippen molar-refractivity contribution in [2.75, 3.05) is 26.3 Å². The van der Waals surface area contributed by atoms with Gasteiger partial charge in [-0.1, -0.05) is 13.5 Å². The highest BCUT2D eigenvalue weighted by molar-refractivity contribution is 5.87. The molecule has 1 N–H and O–H groups in total. The van der Waals surface area contributed by atoms with Gasteiger partial charge in [-0.25, -0.2) is 4.98 Å². The van der Waals surface area contributed by atoms with Crippen LogP contribution in [0.1, 0.15) is 37.7 Å². The number of aromatic nitrogens is 3. The zero-order valence-corrected chi connectivity index (χ0v) is 15.7. The van der Waals surface area contributed by atoms with Crippen molar-refractivity contribution in [3.8, 4) is 6.01 Å². The molecule has 0 spiro atoms. The highest BCUT2D eigenvalue weighted by Crippen LogP contribution is 2.32. The summed E-state index contributed by atoms with van der Waals surface area (Å²) in [5.41, 5.74) is 2.05. The van der Waals surface area contributed by atoms with Gasteiger partial charge in [0.15, 0.2) is 0 Å². The van der Waals surface area contributed by atoms with Gasteiger partial charge in [0.05, 0.1) is 6.54 Å². The van der Waals surface area contributed by atoms with Crippen LogP contribution in [0.4, 0.5) is 0 Å². The van der Waals surface area contributed by atoms with Gasteiger partial charge in [-0.2, -0.15) is 4.98 Å². The standard InChI is InChI=1S/C20H26N4O3/c1-3-18(25)24-11-13(2)8-15(12-24)27-20-22-10-17-16(9-21-19(17)23-20)14-4-6-26-7-5-14/h3,9-10,13-15H,1,4-8,11-12H2,2H3,(H,21,22,23)/t13-,15-/m1/s1. The van der Waals surface area contributed by atoms with E-state index in [0.29, 0.717) is 24.4 Å². The number of H-pyrrole nitrogens is 1. The lowest BCUT2D eigenvalue weighted by Gasteiger charge is -2.35. The highest BCUT2D eigenvalue weighted by Gasteiger charge is 2.29. The van der Waals surface area contributed by atoms with E-state index in [1.165, 1.54) is 11.6 Å². The molecular weight excluding hydrogens is 344 g/mol. The van der Waals surface area contributed by atoms with Crippen LogP contribution in [0.3, 0.4) is 0 Å². The molecule has 2 aromatic heterocycles. The summed E-state index contributed by atoms with van der Waals surface area (Å²) in [5, 5.41) is 1.05. The highest BCUT2D eigenvalue weighted by atomic mass is 16.5. The maximum atomic E-state index is 11.9. The van der Waals surface area contributed by atoms with Crippen LogP contribution in [-0.4, -0.2) is 58.2 Å². The van der Waals surface area contributed by atoms with Crippen LogP contribution >= 0.6 is 0 Å². The number of fused-ring (bicyclic) bond motifs is 1. The summed E-state index contributed by atoms with van der Waals surface area (Å²) >= 11 is 0. The number of likely N-dealkylation sites (tertiary alicyclic amines) is 1. The monoisotopic (exact) mass is 370 g/mol. The fourth-order valence-electron chi connectivity index (χ4n) is 4.15. The van der Waals surface area contributed by atoms with Crippen molar-refractivity contribution >= 4 is 16.9 Å². The minimum Gasteiger partial charge on any atom is -0.458 e. The lowest BCUT2D eigenvalue weighted by atomic mass is 9.92. The Morgan fingerprint density at radius 1 is 1.41 bits per heavy atom. The summed E-state index contributed by atoms with van der Waals surface area (Å²) in [5.74, 6) is 0.791. The van der Waals surface area contributed by atoms with Gasteiger partial charge < -0.3 is 19.4 Å². The van der Waals surface area contributed by atoms with E-state index in [2.05, 4.69) is 28.5 Å². The van der Waals surface area contributed by atoms with Crippen LogP contribution in [0.5, 0.6) is 6.01 Å². The van der Waals surface area contributed by atoms with Gasteiger partial charge in [-0.3, -0.25) is 4.79 Å². The maximum Gasteiger partial charge on any atom is 0.318 e. The van der Waals surface area contributed by atoms with Crippen LogP contribution in [-0.2, 0) is 9.53 Å². The molecule has 1 amide bonds. The Labute approximate surface area is 158 Å². The third-order valence-electron chi connectivity index (χ3n) is 5.48. The minimum atomic E-state index is -0.111. The molecule has 0 saturated carbocycles. The predicted octanol–water partition coefficient (Wildman–Crippen LogP) is 2.65. The van der Waals surface area contributed by atoms with E-state index in [0.717, 1.165) is 50.1 Å². The van der Waals surface area contributed by atoms with E-state index in [4.69, 9.17) is 9.47 Å². The number of carbonyl (C=O) groups excluding carboxylic acids is 1. The number of nitrogens with zero attached hydrogens (tertiary/aromatic N) is 3. The Morgan fingerprint density at radius 2 is 2.22 bits per heavy atom. The SMILES string of the molecule is C=CC(=O)N1C[C@H](C)C[C@@H](Oc2ncc3c(C4CCOCC4)c[nH]c3n2)C1. The lowest BCUT2D eigenvalue weighted by molar-refractivity contribution is -0.129. The van der Waals surface area contributed by atoms with Crippen molar-refractivity contribution in [2.24, 2.45) is 5.92 Å². The zero-order chi connectivity index (χ0) is 18.8. The zero-order valence-electron chi connectivity index (χ0n) is 15.7. The molecule has 2 aromatic rings. The topological polar surface area (TPSA) is 80.3 Å². The number of rotatable bonds is 4. The Hall–Kier alpha value is -2.41. The van der Waals surface area contributed by atoms with E-state index in [1.54, 1.807) is 4.90 Å². The number of amides is 1. The number of nitrogens with one attached hydrogen (secondary N) is 1. The molecule has 0 unspecified atom stereocenters. The fraction of sp³-hybridized carbons (Fsp3) is 0.550. The molecule has 0 aromatic carbocycles. The average molecular weight is 370 g/mol. The summed E-state index contributed by atoms with van der Waals surface area (Å²) in [6.45, 7) is 8.57. The summed E-state index contributed by atoms with van der Waals surface area (Å²) in [4.78, 5) is 26.0. The van der Waals surface area contributed by atoms with Crippen molar-refractivity contribution in [1.29, 1.82) is 0 Å². The first-order valence-corrected chi connectivity index (χ1v) is 9.63. The van der Waals surface area contributed by atoms with Crippen LogP contribution < -0.4 is 4.74 Å².